The van der Waals surface area contributed by atoms with Crippen molar-refractivity contribution in [1.29, 1.82) is 0 Å². The smallest absolute Gasteiger partial charge is 0.416 e. The third-order valence-corrected chi connectivity index (χ3v) is 5.92. The fourth-order valence-electron chi connectivity index (χ4n) is 4.11. The molecule has 40 heavy (non-hydrogen) atoms. The fourth-order valence-corrected chi connectivity index (χ4v) is 4.11. The van der Waals surface area contributed by atoms with E-state index in [4.69, 9.17) is 9.47 Å². The number of anilines is 1. The van der Waals surface area contributed by atoms with Crippen molar-refractivity contribution in [3.8, 4) is 0 Å². The Bertz CT molecular complexity index is 1260. The van der Waals surface area contributed by atoms with E-state index in [-0.39, 0.29) is 35.9 Å². The number of carbonyl (C=O) groups is 2. The summed E-state index contributed by atoms with van der Waals surface area (Å²) in [5, 5.41) is 0. The number of carbonyl (C=O) groups excluding carboxylic acids is 2. The lowest BCUT2D eigenvalue weighted by Crippen LogP contribution is -2.42. The molecule has 14 heteroatoms. The van der Waals surface area contributed by atoms with E-state index in [0.29, 0.717) is 12.1 Å². The number of fused-ring (bicyclic) bond motifs is 1. The van der Waals surface area contributed by atoms with Crippen LogP contribution in [0.4, 0.5) is 50.0 Å². The number of rotatable bonds is 6. The SMILES string of the molecule is CCOC(=O)N1c2ccc(C(F)(F)F)cc2C(CC(=O)OCc2cc(C(F)(F)F)cc(C(F)(F)F)c2)=C[C@H]1CC. The number of hydrogen-bond acceptors (Lipinski definition) is 4. The summed E-state index contributed by atoms with van der Waals surface area (Å²) in [5.74, 6) is -1.12. The lowest BCUT2D eigenvalue weighted by Gasteiger charge is -2.35. The van der Waals surface area contributed by atoms with Crippen molar-refractivity contribution in [3.05, 3.63) is 70.3 Å². The summed E-state index contributed by atoms with van der Waals surface area (Å²) >= 11 is 0. The first-order valence-corrected chi connectivity index (χ1v) is 11.8. The minimum Gasteiger partial charge on any atom is -0.461 e. The maximum Gasteiger partial charge on any atom is 0.416 e. The molecule has 0 spiro atoms. The molecule has 5 nitrogen and oxygen atoms in total. The number of hydrogen-bond donors (Lipinski definition) is 0. The van der Waals surface area contributed by atoms with E-state index in [1.165, 1.54) is 13.0 Å². The van der Waals surface area contributed by atoms with E-state index in [0.717, 1.165) is 23.1 Å². The van der Waals surface area contributed by atoms with Crippen LogP contribution in [0.25, 0.3) is 5.57 Å². The zero-order chi connectivity index (χ0) is 30.0. The Labute approximate surface area is 222 Å². The quantitative estimate of drug-likeness (QED) is 0.255. The predicted molar refractivity (Wildman–Crippen MR) is 124 cm³/mol. The van der Waals surface area contributed by atoms with Crippen LogP contribution in [0.3, 0.4) is 0 Å². The summed E-state index contributed by atoms with van der Waals surface area (Å²) in [6.07, 6.45) is -14.9. The second-order valence-electron chi connectivity index (χ2n) is 8.72. The van der Waals surface area contributed by atoms with Crippen LogP contribution in [-0.2, 0) is 39.4 Å². The molecule has 0 aliphatic carbocycles. The number of nitrogens with zero attached hydrogens (tertiary/aromatic N) is 1. The molecule has 0 fully saturated rings. The molecule has 3 rings (SSSR count). The number of amides is 1. The van der Waals surface area contributed by atoms with Gasteiger partial charge < -0.3 is 9.47 Å². The topological polar surface area (TPSA) is 55.8 Å². The molecule has 1 aliphatic rings. The van der Waals surface area contributed by atoms with Gasteiger partial charge in [-0.25, -0.2) is 4.79 Å². The largest absolute Gasteiger partial charge is 0.461 e. The highest BCUT2D eigenvalue weighted by Crippen LogP contribution is 2.41. The van der Waals surface area contributed by atoms with Crippen LogP contribution in [0, 0.1) is 0 Å². The van der Waals surface area contributed by atoms with Crippen molar-refractivity contribution in [2.75, 3.05) is 11.5 Å². The summed E-state index contributed by atoms with van der Waals surface area (Å²) in [6.45, 7) is 2.23. The van der Waals surface area contributed by atoms with E-state index in [1.54, 1.807) is 6.92 Å². The molecule has 1 atom stereocenters. The van der Waals surface area contributed by atoms with Crippen molar-refractivity contribution in [2.24, 2.45) is 0 Å². The van der Waals surface area contributed by atoms with Crippen molar-refractivity contribution in [2.45, 2.75) is 57.9 Å². The molecule has 0 radical (unpaired) electrons. The molecule has 1 aliphatic heterocycles. The number of halogens is 9. The Kier molecular flexibility index (Phi) is 8.80. The molecule has 2 aromatic carbocycles. The standard InChI is InChI=1S/C26H22F9NO4/c1-3-19-9-15(20-12-16(24(27,28)29)5-6-21(20)36(19)23(38)39-4-2)10-22(37)40-13-14-7-17(25(30,31)32)11-18(8-14)26(33,34)35/h5-9,11-12,19H,3-4,10,13H2,1-2H3/t19-/m1/s1. The molecular formula is C26H22F9NO4. The first-order chi connectivity index (χ1) is 18.5. The highest BCUT2D eigenvalue weighted by Gasteiger charge is 2.38. The van der Waals surface area contributed by atoms with E-state index < -0.39 is 71.9 Å². The van der Waals surface area contributed by atoms with Gasteiger partial charge >= 0.3 is 30.6 Å². The number of alkyl halides is 9. The molecule has 0 saturated carbocycles. The van der Waals surface area contributed by atoms with Gasteiger partial charge in [-0.2, -0.15) is 39.5 Å². The van der Waals surface area contributed by atoms with E-state index in [1.807, 2.05) is 0 Å². The van der Waals surface area contributed by atoms with Gasteiger partial charge in [-0.1, -0.05) is 13.0 Å². The maximum atomic E-state index is 13.4. The molecule has 0 bridgehead atoms. The Balaban J connectivity index is 1.92. The average Bonchev–Trinajstić information content (AvgIpc) is 2.85. The molecule has 0 aromatic heterocycles. The van der Waals surface area contributed by atoms with Gasteiger partial charge in [0.2, 0.25) is 0 Å². The highest BCUT2D eigenvalue weighted by atomic mass is 19.4. The molecule has 218 valence electrons. The van der Waals surface area contributed by atoms with Crippen LogP contribution in [0.5, 0.6) is 0 Å². The van der Waals surface area contributed by atoms with Crippen LogP contribution in [0.1, 0.15) is 54.5 Å². The molecule has 0 unspecified atom stereocenters. The third-order valence-electron chi connectivity index (χ3n) is 5.92. The van der Waals surface area contributed by atoms with Gasteiger partial charge in [0.1, 0.15) is 6.61 Å². The van der Waals surface area contributed by atoms with Crippen molar-refractivity contribution < 1.29 is 58.6 Å². The van der Waals surface area contributed by atoms with Gasteiger partial charge in [0.15, 0.2) is 0 Å². The number of esters is 1. The lowest BCUT2D eigenvalue weighted by atomic mass is 9.91. The van der Waals surface area contributed by atoms with Crippen molar-refractivity contribution in [1.82, 2.24) is 0 Å². The molecular weight excluding hydrogens is 561 g/mol. The Morgan fingerprint density at radius 2 is 1.38 bits per heavy atom. The third kappa shape index (κ3) is 7.07. The Hall–Kier alpha value is -3.71. The summed E-state index contributed by atoms with van der Waals surface area (Å²) in [7, 11) is 0. The second kappa shape index (κ2) is 11.4. The molecule has 0 saturated heterocycles. The summed E-state index contributed by atoms with van der Waals surface area (Å²) < 4.78 is 129. The van der Waals surface area contributed by atoms with E-state index in [2.05, 4.69) is 0 Å². The predicted octanol–water partition coefficient (Wildman–Crippen LogP) is 8.02. The molecule has 1 heterocycles. The van der Waals surface area contributed by atoms with Gasteiger partial charge in [-0.15, -0.1) is 0 Å². The Morgan fingerprint density at radius 3 is 1.88 bits per heavy atom. The van der Waals surface area contributed by atoms with E-state index in [9.17, 15) is 49.1 Å². The molecule has 1 amide bonds. The average molecular weight is 583 g/mol. The van der Waals surface area contributed by atoms with Crippen LogP contribution in [-0.4, -0.2) is 24.7 Å². The van der Waals surface area contributed by atoms with Crippen LogP contribution >= 0.6 is 0 Å². The lowest BCUT2D eigenvalue weighted by molar-refractivity contribution is -0.144. The number of benzene rings is 2. The fraction of sp³-hybridized carbons (Fsp3) is 0.385. The summed E-state index contributed by atoms with van der Waals surface area (Å²) in [4.78, 5) is 26.3. The van der Waals surface area contributed by atoms with Gasteiger partial charge in [0.25, 0.3) is 0 Å². The minimum absolute atomic E-state index is 0.0176. The van der Waals surface area contributed by atoms with Gasteiger partial charge in [0.05, 0.1) is 41.4 Å². The minimum atomic E-state index is -5.10. The van der Waals surface area contributed by atoms with Gasteiger partial charge in [0, 0.05) is 5.56 Å². The Morgan fingerprint density at radius 1 is 0.800 bits per heavy atom. The van der Waals surface area contributed by atoms with E-state index >= 15 is 0 Å². The second-order valence-corrected chi connectivity index (χ2v) is 8.72. The van der Waals surface area contributed by atoms with Crippen LogP contribution in [0.15, 0.2) is 42.5 Å². The molecule has 2 aromatic rings. The normalized spacial score (nSPS) is 15.8. The van der Waals surface area contributed by atoms with Crippen molar-refractivity contribution >= 4 is 23.3 Å². The monoisotopic (exact) mass is 583 g/mol. The van der Waals surface area contributed by atoms with Crippen LogP contribution < -0.4 is 4.90 Å². The summed E-state index contributed by atoms with van der Waals surface area (Å²) in [6, 6.07) is 2.53. The highest BCUT2D eigenvalue weighted by molar-refractivity contribution is 5.98. The molecule has 0 N–H and O–H groups in total. The number of ether oxygens (including phenoxy) is 2. The van der Waals surface area contributed by atoms with Crippen LogP contribution in [0.2, 0.25) is 0 Å². The maximum absolute atomic E-state index is 13.4. The van der Waals surface area contributed by atoms with Gasteiger partial charge in [-0.05, 0) is 60.9 Å². The summed E-state index contributed by atoms with van der Waals surface area (Å²) in [5.41, 5.74) is -4.94. The van der Waals surface area contributed by atoms with Crippen molar-refractivity contribution in [3.63, 3.8) is 0 Å². The first kappa shape index (κ1) is 30.8. The zero-order valence-electron chi connectivity index (χ0n) is 20.9. The zero-order valence-corrected chi connectivity index (χ0v) is 20.9. The van der Waals surface area contributed by atoms with Gasteiger partial charge in [-0.3, -0.25) is 9.69 Å². The first-order valence-electron chi connectivity index (χ1n) is 11.8.